The molecule has 6 nitrogen and oxygen atoms in total. The predicted octanol–water partition coefficient (Wildman–Crippen LogP) is 2.89. The first-order valence-electron chi connectivity index (χ1n) is 6.91. The molecule has 1 atom stereocenters. The molecule has 23 heavy (non-hydrogen) atoms. The molecule has 1 aromatic rings. The molecular weight excluding hydrogens is 386 g/mol. The van der Waals surface area contributed by atoms with Crippen molar-refractivity contribution in [1.29, 1.82) is 0 Å². The van der Waals surface area contributed by atoms with Crippen LogP contribution in [0.2, 0.25) is 0 Å². The predicted molar refractivity (Wildman–Crippen MR) is 91.0 cm³/mol. The molecule has 0 saturated heterocycles. The molecule has 0 aliphatic rings. The van der Waals surface area contributed by atoms with Crippen LogP contribution in [0.4, 0.5) is 4.79 Å². The van der Waals surface area contributed by atoms with E-state index in [1.54, 1.807) is 13.8 Å². The summed E-state index contributed by atoms with van der Waals surface area (Å²) < 4.78 is 10.4. The second kappa shape index (κ2) is 10.3. The molecule has 1 aromatic carbocycles. The molecular formula is C15H18BrNO5S. The zero-order valence-electron chi connectivity index (χ0n) is 12.8. The Morgan fingerprint density at radius 1 is 1.22 bits per heavy atom. The van der Waals surface area contributed by atoms with Crippen LogP contribution in [0.5, 0.6) is 0 Å². The number of alkyl carbamates (subject to hydrolysis) is 1. The number of rotatable bonds is 7. The molecule has 0 bridgehead atoms. The van der Waals surface area contributed by atoms with Crippen LogP contribution in [-0.4, -0.2) is 36.4 Å². The lowest BCUT2D eigenvalue weighted by atomic mass is 10.2. The number of benzene rings is 1. The summed E-state index contributed by atoms with van der Waals surface area (Å²) in [5.74, 6) is -0.577. The van der Waals surface area contributed by atoms with Crippen molar-refractivity contribution in [3.05, 3.63) is 34.3 Å². The Kier molecular flexibility index (Phi) is 8.71. The van der Waals surface area contributed by atoms with Crippen LogP contribution in [0.15, 0.2) is 28.7 Å². The normalized spacial score (nSPS) is 11.4. The number of ether oxygens (including phenoxy) is 2. The van der Waals surface area contributed by atoms with Gasteiger partial charge in [-0.15, -0.1) is 11.8 Å². The van der Waals surface area contributed by atoms with Crippen molar-refractivity contribution in [2.45, 2.75) is 24.9 Å². The van der Waals surface area contributed by atoms with Gasteiger partial charge >= 0.3 is 12.1 Å². The van der Waals surface area contributed by atoms with Gasteiger partial charge in [0.25, 0.3) is 5.91 Å². The molecule has 126 valence electrons. The van der Waals surface area contributed by atoms with Gasteiger partial charge in [0.15, 0.2) is 6.61 Å². The van der Waals surface area contributed by atoms with Gasteiger partial charge in [-0.25, -0.2) is 4.79 Å². The summed E-state index contributed by atoms with van der Waals surface area (Å²) in [5.41, 5.74) is 1.08. The fourth-order valence-corrected chi connectivity index (χ4v) is 2.54. The van der Waals surface area contributed by atoms with Crippen LogP contribution in [0.25, 0.3) is 0 Å². The molecule has 0 aliphatic carbocycles. The van der Waals surface area contributed by atoms with E-state index in [1.807, 2.05) is 29.6 Å². The van der Waals surface area contributed by atoms with Crippen LogP contribution in [0.1, 0.15) is 19.4 Å². The molecule has 1 rings (SSSR count). The summed E-state index contributed by atoms with van der Waals surface area (Å²) in [6.07, 6.45) is -0.855. The van der Waals surface area contributed by atoms with Crippen molar-refractivity contribution in [3.8, 4) is 0 Å². The van der Waals surface area contributed by atoms with Crippen molar-refractivity contribution in [2.75, 3.05) is 13.2 Å². The van der Waals surface area contributed by atoms with Gasteiger partial charge in [0.05, 0.1) is 11.9 Å². The third kappa shape index (κ3) is 8.03. The topological polar surface area (TPSA) is 81.7 Å². The van der Waals surface area contributed by atoms with E-state index in [0.29, 0.717) is 5.75 Å². The average molecular weight is 404 g/mol. The minimum atomic E-state index is -0.855. The number of hydrogen-bond donors (Lipinski definition) is 1. The third-order valence-corrected chi connectivity index (χ3v) is 4.33. The number of imide groups is 1. The Balaban J connectivity index is 2.29. The number of esters is 1. The molecule has 0 unspecified atom stereocenters. The van der Waals surface area contributed by atoms with E-state index in [2.05, 4.69) is 20.7 Å². The standard InChI is InChI=1S/C15H18BrNO5S/c1-3-21-15(20)17-13(18)8-22-14(19)10(2)23-9-11-4-6-12(16)7-5-11/h4-7,10H,3,8-9H2,1-2H3,(H,17,18,20)/t10-/m0/s1. The summed E-state index contributed by atoms with van der Waals surface area (Å²) in [5, 5.41) is 1.53. The van der Waals surface area contributed by atoms with Crippen LogP contribution in [0.3, 0.4) is 0 Å². The fraction of sp³-hybridized carbons (Fsp3) is 0.400. The van der Waals surface area contributed by atoms with E-state index < -0.39 is 29.8 Å². The maximum absolute atomic E-state index is 11.8. The highest BCUT2D eigenvalue weighted by Crippen LogP contribution is 2.20. The van der Waals surface area contributed by atoms with E-state index in [-0.39, 0.29) is 6.61 Å². The Morgan fingerprint density at radius 2 is 1.87 bits per heavy atom. The Labute approximate surface area is 147 Å². The van der Waals surface area contributed by atoms with Gasteiger partial charge in [-0.05, 0) is 31.5 Å². The van der Waals surface area contributed by atoms with Crippen LogP contribution in [-0.2, 0) is 24.8 Å². The van der Waals surface area contributed by atoms with Gasteiger partial charge in [0.1, 0.15) is 0 Å². The minimum absolute atomic E-state index is 0.155. The van der Waals surface area contributed by atoms with E-state index in [1.165, 1.54) is 11.8 Å². The monoisotopic (exact) mass is 403 g/mol. The number of amides is 2. The largest absolute Gasteiger partial charge is 0.455 e. The van der Waals surface area contributed by atoms with E-state index in [0.717, 1.165) is 10.0 Å². The molecule has 2 amide bonds. The molecule has 0 radical (unpaired) electrons. The second-order valence-electron chi connectivity index (χ2n) is 4.46. The lowest BCUT2D eigenvalue weighted by Gasteiger charge is -2.11. The second-order valence-corrected chi connectivity index (χ2v) is 6.70. The number of thioether (sulfide) groups is 1. The molecule has 0 spiro atoms. The van der Waals surface area contributed by atoms with Gasteiger partial charge in [-0.3, -0.25) is 14.9 Å². The van der Waals surface area contributed by atoms with E-state index >= 15 is 0 Å². The highest BCUT2D eigenvalue weighted by atomic mass is 79.9. The van der Waals surface area contributed by atoms with Crippen LogP contribution >= 0.6 is 27.7 Å². The van der Waals surface area contributed by atoms with Gasteiger partial charge in [-0.2, -0.15) is 0 Å². The van der Waals surface area contributed by atoms with Crippen molar-refractivity contribution in [2.24, 2.45) is 0 Å². The first-order chi connectivity index (χ1) is 10.9. The SMILES string of the molecule is CCOC(=O)NC(=O)COC(=O)[C@H](C)SCc1ccc(Br)cc1. The zero-order chi connectivity index (χ0) is 17.2. The van der Waals surface area contributed by atoms with Gasteiger partial charge in [0.2, 0.25) is 0 Å². The molecule has 0 heterocycles. The summed E-state index contributed by atoms with van der Waals surface area (Å²) >= 11 is 4.76. The number of nitrogens with one attached hydrogen (secondary N) is 1. The van der Waals surface area contributed by atoms with Crippen LogP contribution < -0.4 is 5.32 Å². The highest BCUT2D eigenvalue weighted by molar-refractivity contribution is 9.10. The van der Waals surface area contributed by atoms with E-state index in [9.17, 15) is 14.4 Å². The number of carbonyl (C=O) groups excluding carboxylic acids is 3. The molecule has 0 fully saturated rings. The Hall–Kier alpha value is -1.54. The molecule has 8 heteroatoms. The number of halogens is 1. The smallest absolute Gasteiger partial charge is 0.413 e. The zero-order valence-corrected chi connectivity index (χ0v) is 15.2. The van der Waals surface area contributed by atoms with E-state index in [4.69, 9.17) is 4.74 Å². The first-order valence-corrected chi connectivity index (χ1v) is 8.75. The molecule has 0 aromatic heterocycles. The summed E-state index contributed by atoms with van der Waals surface area (Å²) in [6, 6.07) is 7.78. The lowest BCUT2D eigenvalue weighted by molar-refractivity contribution is -0.147. The van der Waals surface area contributed by atoms with Crippen molar-refractivity contribution >= 4 is 45.7 Å². The van der Waals surface area contributed by atoms with Crippen molar-refractivity contribution in [1.82, 2.24) is 5.32 Å². The number of hydrogen-bond acceptors (Lipinski definition) is 6. The highest BCUT2D eigenvalue weighted by Gasteiger charge is 2.17. The van der Waals surface area contributed by atoms with Crippen molar-refractivity contribution < 1.29 is 23.9 Å². The fourth-order valence-electron chi connectivity index (χ4n) is 1.44. The average Bonchev–Trinajstić information content (AvgIpc) is 2.51. The summed E-state index contributed by atoms with van der Waals surface area (Å²) in [6.45, 7) is 2.97. The Morgan fingerprint density at radius 3 is 2.48 bits per heavy atom. The van der Waals surface area contributed by atoms with Gasteiger partial charge in [0, 0.05) is 10.2 Å². The van der Waals surface area contributed by atoms with Crippen LogP contribution in [0, 0.1) is 0 Å². The van der Waals surface area contributed by atoms with Crippen molar-refractivity contribution in [3.63, 3.8) is 0 Å². The number of carbonyl (C=O) groups is 3. The summed E-state index contributed by atoms with van der Waals surface area (Å²) in [7, 11) is 0. The molecule has 0 saturated carbocycles. The van der Waals surface area contributed by atoms with Gasteiger partial charge in [-0.1, -0.05) is 28.1 Å². The minimum Gasteiger partial charge on any atom is -0.455 e. The maximum atomic E-state index is 11.8. The Bertz CT molecular complexity index is 549. The summed E-state index contributed by atoms with van der Waals surface area (Å²) in [4.78, 5) is 34.2. The quantitative estimate of drug-likeness (QED) is 0.704. The maximum Gasteiger partial charge on any atom is 0.413 e. The third-order valence-electron chi connectivity index (χ3n) is 2.61. The molecule has 0 aliphatic heterocycles. The lowest BCUT2D eigenvalue weighted by Crippen LogP contribution is -2.35. The molecule has 1 N–H and O–H groups in total. The first kappa shape index (κ1) is 19.5. The van der Waals surface area contributed by atoms with Gasteiger partial charge < -0.3 is 9.47 Å².